The summed E-state index contributed by atoms with van der Waals surface area (Å²) in [6.45, 7) is 2.20. The maximum Gasteiger partial charge on any atom is 0.00825 e. The SMILES string of the molecule is CCC[CH]c1cccs1. The van der Waals surface area contributed by atoms with E-state index in [1.54, 1.807) is 0 Å². The average molecular weight is 139 g/mol. The number of hydrogen-bond acceptors (Lipinski definition) is 1. The minimum Gasteiger partial charge on any atom is -0.149 e. The molecule has 1 rings (SSSR count). The van der Waals surface area contributed by atoms with Gasteiger partial charge < -0.3 is 0 Å². The van der Waals surface area contributed by atoms with Gasteiger partial charge in [-0.2, -0.15) is 0 Å². The molecule has 0 saturated heterocycles. The predicted molar refractivity (Wildman–Crippen MR) is 42.6 cm³/mol. The topological polar surface area (TPSA) is 0 Å². The molecule has 0 N–H and O–H groups in total. The van der Waals surface area contributed by atoms with Gasteiger partial charge in [0.2, 0.25) is 0 Å². The van der Waals surface area contributed by atoms with E-state index < -0.39 is 0 Å². The molecule has 1 radical (unpaired) electrons. The second-order valence-electron chi connectivity index (χ2n) is 2.01. The lowest BCUT2D eigenvalue weighted by atomic mass is 10.2. The normalized spacial score (nSPS) is 9.89. The second-order valence-corrected chi connectivity index (χ2v) is 2.99. The van der Waals surface area contributed by atoms with Gasteiger partial charge in [0.1, 0.15) is 0 Å². The van der Waals surface area contributed by atoms with Crippen molar-refractivity contribution in [3.63, 3.8) is 0 Å². The van der Waals surface area contributed by atoms with Crippen molar-refractivity contribution in [3.8, 4) is 0 Å². The third-order valence-electron chi connectivity index (χ3n) is 1.18. The molecular weight excluding hydrogens is 128 g/mol. The molecule has 0 aliphatic rings. The summed E-state index contributed by atoms with van der Waals surface area (Å²) < 4.78 is 0. The van der Waals surface area contributed by atoms with E-state index in [0.717, 1.165) is 0 Å². The highest BCUT2D eigenvalue weighted by molar-refractivity contribution is 7.10. The first-order valence-electron chi connectivity index (χ1n) is 3.30. The van der Waals surface area contributed by atoms with Crippen molar-refractivity contribution in [1.82, 2.24) is 0 Å². The maximum absolute atomic E-state index is 2.28. The average Bonchev–Trinajstić information content (AvgIpc) is 2.34. The molecule has 0 aliphatic heterocycles. The summed E-state index contributed by atoms with van der Waals surface area (Å²) in [5.74, 6) is 0. The summed E-state index contributed by atoms with van der Waals surface area (Å²) in [7, 11) is 0. The van der Waals surface area contributed by atoms with E-state index in [9.17, 15) is 0 Å². The Balaban J connectivity index is 2.30. The van der Waals surface area contributed by atoms with Gasteiger partial charge in [0.15, 0.2) is 0 Å². The zero-order valence-electron chi connectivity index (χ0n) is 5.63. The summed E-state index contributed by atoms with van der Waals surface area (Å²) in [5, 5.41) is 2.11. The molecule has 0 nitrogen and oxygen atoms in total. The largest absolute Gasteiger partial charge is 0.149 e. The number of rotatable bonds is 3. The van der Waals surface area contributed by atoms with Gasteiger partial charge in [-0.3, -0.25) is 0 Å². The van der Waals surface area contributed by atoms with Crippen molar-refractivity contribution in [2.75, 3.05) is 0 Å². The molecule has 0 aromatic carbocycles. The van der Waals surface area contributed by atoms with Gasteiger partial charge >= 0.3 is 0 Å². The summed E-state index contributed by atoms with van der Waals surface area (Å²) in [5.41, 5.74) is 0. The van der Waals surface area contributed by atoms with Crippen molar-refractivity contribution in [3.05, 3.63) is 28.8 Å². The van der Waals surface area contributed by atoms with Crippen LogP contribution in [0.3, 0.4) is 0 Å². The van der Waals surface area contributed by atoms with E-state index in [0.29, 0.717) is 0 Å². The smallest absolute Gasteiger partial charge is 0.00825 e. The molecule has 0 saturated carbocycles. The van der Waals surface area contributed by atoms with Crippen LogP contribution in [-0.2, 0) is 0 Å². The van der Waals surface area contributed by atoms with E-state index in [1.807, 2.05) is 11.3 Å². The van der Waals surface area contributed by atoms with E-state index in [1.165, 1.54) is 17.7 Å². The lowest BCUT2D eigenvalue weighted by Crippen LogP contribution is -1.72. The Hall–Kier alpha value is -0.300. The van der Waals surface area contributed by atoms with Crippen LogP contribution in [0, 0.1) is 6.42 Å². The van der Waals surface area contributed by atoms with Gasteiger partial charge in [-0.15, -0.1) is 11.3 Å². The molecule has 1 aromatic rings. The van der Waals surface area contributed by atoms with Crippen LogP contribution in [0.25, 0.3) is 0 Å². The second kappa shape index (κ2) is 3.67. The van der Waals surface area contributed by atoms with Gasteiger partial charge in [0.05, 0.1) is 0 Å². The molecule has 1 aromatic heterocycles. The summed E-state index contributed by atoms with van der Waals surface area (Å²) in [6, 6.07) is 4.24. The Labute approximate surface area is 60.5 Å². The van der Waals surface area contributed by atoms with E-state index in [2.05, 4.69) is 30.9 Å². The van der Waals surface area contributed by atoms with Crippen LogP contribution in [0.2, 0.25) is 0 Å². The fraction of sp³-hybridized carbons (Fsp3) is 0.375. The summed E-state index contributed by atoms with van der Waals surface area (Å²) in [4.78, 5) is 1.40. The zero-order valence-corrected chi connectivity index (χ0v) is 6.45. The molecular formula is C8H11S. The fourth-order valence-electron chi connectivity index (χ4n) is 0.694. The Morgan fingerprint density at radius 2 is 2.56 bits per heavy atom. The molecule has 0 atom stereocenters. The fourth-order valence-corrected chi connectivity index (χ4v) is 1.38. The highest BCUT2D eigenvalue weighted by Gasteiger charge is 1.90. The van der Waals surface area contributed by atoms with Crippen molar-refractivity contribution < 1.29 is 0 Å². The molecule has 1 heteroatoms. The number of hydrogen-bond donors (Lipinski definition) is 0. The van der Waals surface area contributed by atoms with Crippen molar-refractivity contribution >= 4 is 11.3 Å². The van der Waals surface area contributed by atoms with Crippen LogP contribution in [0.5, 0.6) is 0 Å². The van der Waals surface area contributed by atoms with Crippen molar-refractivity contribution in [2.45, 2.75) is 19.8 Å². The molecule has 0 unspecified atom stereocenters. The predicted octanol–water partition coefficient (Wildman–Crippen LogP) is 3.10. The highest BCUT2D eigenvalue weighted by atomic mass is 32.1. The van der Waals surface area contributed by atoms with Crippen molar-refractivity contribution in [1.29, 1.82) is 0 Å². The van der Waals surface area contributed by atoms with Gasteiger partial charge in [-0.25, -0.2) is 0 Å². The molecule has 0 amide bonds. The Kier molecular flexibility index (Phi) is 2.78. The third kappa shape index (κ3) is 2.19. The van der Waals surface area contributed by atoms with Crippen LogP contribution in [-0.4, -0.2) is 0 Å². The third-order valence-corrected chi connectivity index (χ3v) is 2.05. The van der Waals surface area contributed by atoms with Crippen LogP contribution >= 0.6 is 11.3 Å². The number of thiophene rings is 1. The zero-order chi connectivity index (χ0) is 6.53. The van der Waals surface area contributed by atoms with Crippen LogP contribution in [0.4, 0.5) is 0 Å². The molecule has 0 spiro atoms. The molecule has 9 heavy (non-hydrogen) atoms. The molecule has 1 heterocycles. The van der Waals surface area contributed by atoms with Crippen LogP contribution < -0.4 is 0 Å². The lowest BCUT2D eigenvalue weighted by Gasteiger charge is -1.89. The first kappa shape index (κ1) is 6.81. The Morgan fingerprint density at radius 3 is 3.11 bits per heavy atom. The van der Waals surface area contributed by atoms with Crippen LogP contribution in [0.15, 0.2) is 17.5 Å². The molecule has 49 valence electrons. The quantitative estimate of drug-likeness (QED) is 0.603. The van der Waals surface area contributed by atoms with E-state index in [4.69, 9.17) is 0 Å². The maximum atomic E-state index is 2.28. The van der Waals surface area contributed by atoms with E-state index >= 15 is 0 Å². The van der Waals surface area contributed by atoms with Gasteiger partial charge in [0.25, 0.3) is 0 Å². The summed E-state index contributed by atoms with van der Waals surface area (Å²) >= 11 is 1.81. The molecule has 0 aliphatic carbocycles. The first-order valence-corrected chi connectivity index (χ1v) is 4.18. The Bertz CT molecular complexity index is 142. The Morgan fingerprint density at radius 1 is 1.67 bits per heavy atom. The summed E-state index contributed by atoms with van der Waals surface area (Å²) in [6.07, 6.45) is 4.74. The van der Waals surface area contributed by atoms with Gasteiger partial charge in [-0.1, -0.05) is 19.4 Å². The van der Waals surface area contributed by atoms with Gasteiger partial charge in [0, 0.05) is 11.3 Å². The lowest BCUT2D eigenvalue weighted by molar-refractivity contribution is 0.919. The van der Waals surface area contributed by atoms with E-state index in [-0.39, 0.29) is 0 Å². The van der Waals surface area contributed by atoms with Crippen molar-refractivity contribution in [2.24, 2.45) is 0 Å². The highest BCUT2D eigenvalue weighted by Crippen LogP contribution is 2.13. The molecule has 0 bridgehead atoms. The minimum atomic E-state index is 1.21. The first-order chi connectivity index (χ1) is 4.43. The monoisotopic (exact) mass is 139 g/mol. The van der Waals surface area contributed by atoms with Crippen LogP contribution in [0.1, 0.15) is 24.6 Å². The molecule has 0 fully saturated rings. The van der Waals surface area contributed by atoms with Gasteiger partial charge in [-0.05, 0) is 17.9 Å². The standard InChI is InChI=1S/C8H11S/c1-2-3-5-8-6-4-7-9-8/h4-7H,2-3H2,1H3. The minimum absolute atomic E-state index is 1.21. The number of unbranched alkanes of at least 4 members (excludes halogenated alkanes) is 1.